The second-order valence-electron chi connectivity index (χ2n) is 6.73. The van der Waals surface area contributed by atoms with Crippen molar-refractivity contribution in [3.63, 3.8) is 0 Å². The Morgan fingerprint density at radius 2 is 1.61 bits per heavy atom. The van der Waals surface area contributed by atoms with Crippen LogP contribution in [-0.2, 0) is 0 Å². The molecule has 0 bridgehead atoms. The molecule has 2 aromatic carbocycles. The first-order valence-corrected chi connectivity index (χ1v) is 9.64. The lowest BCUT2D eigenvalue weighted by Gasteiger charge is -2.20. The normalized spacial score (nSPS) is 10.6. The van der Waals surface area contributed by atoms with E-state index in [0.717, 1.165) is 25.3 Å². The Hall–Kier alpha value is -2.86. The lowest BCUT2D eigenvalue weighted by atomic mass is 10.1. The molecule has 0 atom stereocenters. The zero-order chi connectivity index (χ0) is 20.5. The van der Waals surface area contributed by atoms with Crippen molar-refractivity contribution in [2.45, 2.75) is 13.8 Å². The molecule has 2 amide bonds. The highest BCUT2D eigenvalue weighted by atomic mass is 16.2. The molecule has 0 radical (unpaired) electrons. The van der Waals surface area contributed by atoms with Crippen LogP contribution >= 0.6 is 0 Å². The van der Waals surface area contributed by atoms with E-state index in [1.54, 1.807) is 18.2 Å². The molecule has 6 heteroatoms. The summed E-state index contributed by atoms with van der Waals surface area (Å²) >= 11 is 0. The Labute approximate surface area is 167 Å². The first-order valence-electron chi connectivity index (χ1n) is 9.64. The van der Waals surface area contributed by atoms with Crippen molar-refractivity contribution in [2.75, 3.05) is 50.5 Å². The highest BCUT2D eigenvalue weighted by Crippen LogP contribution is 2.23. The highest BCUT2D eigenvalue weighted by molar-refractivity contribution is 6.06. The van der Waals surface area contributed by atoms with Crippen LogP contribution in [-0.4, -0.2) is 57.0 Å². The van der Waals surface area contributed by atoms with Crippen LogP contribution in [0.15, 0.2) is 48.5 Å². The highest BCUT2D eigenvalue weighted by Gasteiger charge is 2.15. The molecule has 28 heavy (non-hydrogen) atoms. The number of likely N-dealkylation sites (N-methyl/N-ethyl adjacent to an activating group) is 1. The lowest BCUT2D eigenvalue weighted by molar-refractivity contribution is 0.0948. The average Bonchev–Trinajstić information content (AvgIpc) is 2.71. The molecule has 0 aliphatic carbocycles. The molecule has 2 N–H and O–H groups in total. The van der Waals surface area contributed by atoms with E-state index in [1.807, 2.05) is 49.3 Å². The van der Waals surface area contributed by atoms with Gasteiger partial charge in [0.05, 0.1) is 5.56 Å². The lowest BCUT2D eigenvalue weighted by Crippen LogP contribution is -2.35. The van der Waals surface area contributed by atoms with Crippen LogP contribution in [0.3, 0.4) is 0 Å². The molecule has 2 aromatic rings. The van der Waals surface area contributed by atoms with Crippen LogP contribution < -0.4 is 15.5 Å². The van der Waals surface area contributed by atoms with Gasteiger partial charge in [-0.3, -0.25) is 9.59 Å². The van der Waals surface area contributed by atoms with E-state index in [9.17, 15) is 9.59 Å². The predicted molar refractivity (Wildman–Crippen MR) is 115 cm³/mol. The second-order valence-corrected chi connectivity index (χ2v) is 6.73. The molecule has 0 fully saturated rings. The molecule has 0 aromatic heterocycles. The number of hydrogen-bond acceptors (Lipinski definition) is 4. The monoisotopic (exact) mass is 382 g/mol. The Balaban J connectivity index is 2.14. The number of amides is 2. The number of nitrogens with zero attached hydrogens (tertiary/aromatic N) is 2. The number of nitrogens with one attached hydrogen (secondary N) is 2. The van der Waals surface area contributed by atoms with Crippen molar-refractivity contribution >= 4 is 23.2 Å². The second kappa shape index (κ2) is 10.5. The number of carbonyl (C=O) groups is 2. The third kappa shape index (κ3) is 5.82. The quantitative estimate of drug-likeness (QED) is 0.700. The molecular formula is C22H30N4O2. The van der Waals surface area contributed by atoms with Crippen LogP contribution in [0.5, 0.6) is 0 Å². The number of carbonyl (C=O) groups excluding carboxylic acids is 2. The average molecular weight is 383 g/mol. The molecule has 0 aliphatic heterocycles. The Morgan fingerprint density at radius 3 is 2.21 bits per heavy atom. The summed E-state index contributed by atoms with van der Waals surface area (Å²) in [6, 6.07) is 14.4. The topological polar surface area (TPSA) is 64.7 Å². The zero-order valence-electron chi connectivity index (χ0n) is 17.2. The molecule has 150 valence electrons. The van der Waals surface area contributed by atoms with Gasteiger partial charge in [0.2, 0.25) is 0 Å². The summed E-state index contributed by atoms with van der Waals surface area (Å²) in [6.45, 7) is 7.50. The maximum atomic E-state index is 12.8. The number of rotatable bonds is 9. The van der Waals surface area contributed by atoms with Crippen LogP contribution in [0, 0.1) is 0 Å². The van der Waals surface area contributed by atoms with Crippen molar-refractivity contribution in [3.05, 3.63) is 59.7 Å². The fourth-order valence-corrected chi connectivity index (χ4v) is 2.94. The van der Waals surface area contributed by atoms with Crippen molar-refractivity contribution < 1.29 is 9.59 Å². The summed E-state index contributed by atoms with van der Waals surface area (Å²) in [6.07, 6.45) is 0. The van der Waals surface area contributed by atoms with Crippen LogP contribution in [0.25, 0.3) is 0 Å². The van der Waals surface area contributed by atoms with Crippen molar-refractivity contribution in [2.24, 2.45) is 0 Å². The van der Waals surface area contributed by atoms with Crippen LogP contribution in [0.2, 0.25) is 0 Å². The molecule has 0 unspecified atom stereocenters. The number of anilines is 2. The molecule has 0 saturated carbocycles. The molecule has 0 aliphatic rings. The van der Waals surface area contributed by atoms with Gasteiger partial charge >= 0.3 is 0 Å². The van der Waals surface area contributed by atoms with E-state index in [1.165, 1.54) is 0 Å². The van der Waals surface area contributed by atoms with Gasteiger partial charge in [-0.05, 0) is 43.4 Å². The minimum absolute atomic E-state index is 0.147. The van der Waals surface area contributed by atoms with Crippen LogP contribution in [0.4, 0.5) is 11.4 Å². The predicted octanol–water partition coefficient (Wildman–Crippen LogP) is 3.08. The van der Waals surface area contributed by atoms with Crippen molar-refractivity contribution in [1.82, 2.24) is 10.2 Å². The molecule has 0 saturated heterocycles. The minimum atomic E-state index is -0.203. The van der Waals surface area contributed by atoms with E-state index in [2.05, 4.69) is 29.4 Å². The zero-order valence-corrected chi connectivity index (χ0v) is 17.2. The van der Waals surface area contributed by atoms with Gasteiger partial charge in [-0.25, -0.2) is 0 Å². The van der Waals surface area contributed by atoms with Gasteiger partial charge in [0.15, 0.2) is 0 Å². The van der Waals surface area contributed by atoms with E-state index >= 15 is 0 Å². The largest absolute Gasteiger partial charge is 0.377 e. The summed E-state index contributed by atoms with van der Waals surface area (Å²) in [5, 5.41) is 5.85. The van der Waals surface area contributed by atoms with E-state index in [4.69, 9.17) is 0 Å². The Bertz CT molecular complexity index is 786. The van der Waals surface area contributed by atoms with Gasteiger partial charge in [-0.1, -0.05) is 32.0 Å². The maximum absolute atomic E-state index is 12.8. The van der Waals surface area contributed by atoms with Gasteiger partial charge in [-0.2, -0.15) is 0 Å². The smallest absolute Gasteiger partial charge is 0.255 e. The van der Waals surface area contributed by atoms with Gasteiger partial charge in [-0.15, -0.1) is 0 Å². The first-order chi connectivity index (χ1) is 13.5. The maximum Gasteiger partial charge on any atom is 0.255 e. The SMILES string of the molecule is CCN(CC)CCNC(=O)c1cc(NC(=O)c2ccccc2)ccc1N(C)C. The fourth-order valence-electron chi connectivity index (χ4n) is 2.94. The summed E-state index contributed by atoms with van der Waals surface area (Å²) < 4.78 is 0. The Kier molecular flexibility index (Phi) is 8.02. The third-order valence-electron chi connectivity index (χ3n) is 4.62. The standard InChI is InChI=1S/C22H30N4O2/c1-5-26(6-2)15-14-23-22(28)19-16-18(12-13-20(19)25(3)4)24-21(27)17-10-8-7-9-11-17/h7-13,16H,5-6,14-15H2,1-4H3,(H,23,28)(H,24,27). The van der Waals surface area contributed by atoms with Gasteiger partial charge in [0.1, 0.15) is 0 Å². The van der Waals surface area contributed by atoms with Crippen molar-refractivity contribution in [1.29, 1.82) is 0 Å². The summed E-state index contributed by atoms with van der Waals surface area (Å²) in [5.74, 6) is -0.349. The molecule has 0 spiro atoms. The van der Waals surface area contributed by atoms with Crippen LogP contribution in [0.1, 0.15) is 34.6 Å². The summed E-state index contributed by atoms with van der Waals surface area (Å²) in [4.78, 5) is 29.3. The van der Waals surface area contributed by atoms with Gasteiger partial charge < -0.3 is 20.4 Å². The first kappa shape index (κ1) is 21.4. The molecule has 0 heterocycles. The van der Waals surface area contributed by atoms with E-state index < -0.39 is 0 Å². The number of hydrogen-bond donors (Lipinski definition) is 2. The molecule has 2 rings (SSSR count). The Morgan fingerprint density at radius 1 is 0.929 bits per heavy atom. The van der Waals surface area contributed by atoms with E-state index in [0.29, 0.717) is 23.4 Å². The van der Waals surface area contributed by atoms with E-state index in [-0.39, 0.29) is 11.8 Å². The fraction of sp³-hybridized carbons (Fsp3) is 0.364. The summed E-state index contributed by atoms with van der Waals surface area (Å²) in [7, 11) is 3.79. The molecular weight excluding hydrogens is 352 g/mol. The van der Waals surface area contributed by atoms with Gasteiger partial charge in [0, 0.05) is 44.1 Å². The minimum Gasteiger partial charge on any atom is -0.377 e. The van der Waals surface area contributed by atoms with Gasteiger partial charge in [0.25, 0.3) is 11.8 Å². The summed E-state index contributed by atoms with van der Waals surface area (Å²) in [5.41, 5.74) is 2.51. The number of benzene rings is 2. The van der Waals surface area contributed by atoms with Crippen molar-refractivity contribution in [3.8, 4) is 0 Å². The third-order valence-corrected chi connectivity index (χ3v) is 4.62. The molecule has 6 nitrogen and oxygen atoms in total.